The Bertz CT molecular complexity index is 620. The van der Waals surface area contributed by atoms with Crippen molar-refractivity contribution >= 4 is 23.7 Å². The quantitative estimate of drug-likeness (QED) is 0.319. The number of hydrogen-bond donors (Lipinski definition) is 0. The Kier molecular flexibility index (Phi) is 7.10. The molecule has 0 amide bonds. The summed E-state index contributed by atoms with van der Waals surface area (Å²) in [5, 5.41) is 0. The van der Waals surface area contributed by atoms with E-state index in [1.54, 1.807) is 38.1 Å². The topological polar surface area (TPSA) is 96.0 Å². The van der Waals surface area contributed by atoms with E-state index in [-0.39, 0.29) is 6.61 Å². The average molecular weight is 336 g/mol. The Labute approximate surface area is 139 Å². The molecule has 0 aliphatic carbocycles. The van der Waals surface area contributed by atoms with Gasteiger partial charge in [-0.05, 0) is 25.0 Å². The highest BCUT2D eigenvalue weighted by atomic mass is 16.5. The summed E-state index contributed by atoms with van der Waals surface area (Å²) in [6.07, 6.45) is 0. The van der Waals surface area contributed by atoms with Crippen molar-refractivity contribution in [1.29, 1.82) is 0 Å². The molecule has 0 aliphatic rings. The second-order valence-electron chi connectivity index (χ2n) is 4.94. The molecule has 0 N–H and O–H groups in total. The van der Waals surface area contributed by atoms with E-state index in [2.05, 4.69) is 9.47 Å². The lowest BCUT2D eigenvalue weighted by atomic mass is 9.80. The van der Waals surface area contributed by atoms with Gasteiger partial charge in [0.2, 0.25) is 5.78 Å². The van der Waals surface area contributed by atoms with E-state index in [9.17, 15) is 19.2 Å². The van der Waals surface area contributed by atoms with Crippen LogP contribution in [-0.4, -0.2) is 44.5 Å². The highest BCUT2D eigenvalue weighted by Gasteiger charge is 2.45. The van der Waals surface area contributed by atoms with E-state index in [0.717, 1.165) is 14.2 Å². The molecule has 0 radical (unpaired) electrons. The van der Waals surface area contributed by atoms with Gasteiger partial charge in [-0.2, -0.15) is 0 Å². The van der Waals surface area contributed by atoms with Gasteiger partial charge >= 0.3 is 17.9 Å². The molecule has 0 fully saturated rings. The Balaban J connectivity index is 3.48. The second kappa shape index (κ2) is 8.81. The van der Waals surface area contributed by atoms with Gasteiger partial charge in [0, 0.05) is 0 Å². The van der Waals surface area contributed by atoms with Gasteiger partial charge in [-0.25, -0.2) is 4.79 Å². The smallest absolute Gasteiger partial charge is 0.375 e. The highest BCUT2D eigenvalue weighted by Crippen LogP contribution is 2.31. The SMILES string of the molecule is CCOC(=O)C(=O)C(c1ccccc1C)C(C(=O)OC)C(=O)OC. The van der Waals surface area contributed by atoms with Crippen LogP contribution in [0.15, 0.2) is 24.3 Å². The van der Waals surface area contributed by atoms with E-state index < -0.39 is 35.5 Å². The number of hydrogen-bond acceptors (Lipinski definition) is 7. The predicted octanol–water partition coefficient (Wildman–Crippen LogP) is 1.17. The maximum Gasteiger partial charge on any atom is 0.375 e. The Morgan fingerprint density at radius 2 is 1.54 bits per heavy atom. The third kappa shape index (κ3) is 4.18. The van der Waals surface area contributed by atoms with E-state index in [4.69, 9.17) is 4.74 Å². The fourth-order valence-electron chi connectivity index (χ4n) is 2.36. The Hall–Kier alpha value is -2.70. The van der Waals surface area contributed by atoms with Crippen LogP contribution >= 0.6 is 0 Å². The van der Waals surface area contributed by atoms with Crippen molar-refractivity contribution in [2.45, 2.75) is 19.8 Å². The van der Waals surface area contributed by atoms with Crippen molar-refractivity contribution in [3.8, 4) is 0 Å². The number of rotatable bonds is 7. The maximum absolute atomic E-state index is 12.6. The lowest BCUT2D eigenvalue weighted by Gasteiger charge is -2.23. The molecule has 1 aromatic rings. The molecule has 0 saturated heterocycles. The summed E-state index contributed by atoms with van der Waals surface area (Å²) in [6.45, 7) is 3.24. The van der Waals surface area contributed by atoms with E-state index in [1.165, 1.54) is 0 Å². The van der Waals surface area contributed by atoms with Crippen LogP contribution in [-0.2, 0) is 33.4 Å². The molecule has 7 heteroatoms. The van der Waals surface area contributed by atoms with Crippen molar-refractivity contribution in [3.63, 3.8) is 0 Å². The first-order valence-corrected chi connectivity index (χ1v) is 7.31. The number of methoxy groups -OCH3 is 2. The molecule has 1 rings (SSSR count). The lowest BCUT2D eigenvalue weighted by Crippen LogP contribution is -2.39. The van der Waals surface area contributed by atoms with Gasteiger partial charge in [-0.15, -0.1) is 0 Å². The van der Waals surface area contributed by atoms with Gasteiger partial charge in [0.1, 0.15) is 0 Å². The molecular weight excluding hydrogens is 316 g/mol. The average Bonchev–Trinajstić information content (AvgIpc) is 2.58. The van der Waals surface area contributed by atoms with Crippen LogP contribution in [0.2, 0.25) is 0 Å². The minimum atomic E-state index is -1.60. The molecule has 7 nitrogen and oxygen atoms in total. The molecule has 1 unspecified atom stereocenters. The number of esters is 3. The van der Waals surface area contributed by atoms with Crippen molar-refractivity contribution < 1.29 is 33.4 Å². The van der Waals surface area contributed by atoms with Crippen molar-refractivity contribution in [2.24, 2.45) is 5.92 Å². The van der Waals surface area contributed by atoms with Crippen molar-refractivity contribution in [2.75, 3.05) is 20.8 Å². The Morgan fingerprint density at radius 3 is 2.00 bits per heavy atom. The lowest BCUT2D eigenvalue weighted by molar-refractivity contribution is -0.164. The van der Waals surface area contributed by atoms with Crippen LogP contribution in [0.25, 0.3) is 0 Å². The molecule has 24 heavy (non-hydrogen) atoms. The number of ether oxygens (including phenoxy) is 3. The molecule has 0 aromatic heterocycles. The summed E-state index contributed by atoms with van der Waals surface area (Å²) >= 11 is 0. The first-order valence-electron chi connectivity index (χ1n) is 7.31. The second-order valence-corrected chi connectivity index (χ2v) is 4.94. The van der Waals surface area contributed by atoms with Crippen molar-refractivity contribution in [1.82, 2.24) is 0 Å². The summed E-state index contributed by atoms with van der Waals surface area (Å²) < 4.78 is 14.0. The summed E-state index contributed by atoms with van der Waals surface area (Å²) in [4.78, 5) is 48.7. The molecule has 0 spiro atoms. The van der Waals surface area contributed by atoms with Gasteiger partial charge in [-0.3, -0.25) is 14.4 Å². The van der Waals surface area contributed by atoms with Gasteiger partial charge in [0.25, 0.3) is 0 Å². The monoisotopic (exact) mass is 336 g/mol. The molecule has 0 saturated carbocycles. The van der Waals surface area contributed by atoms with E-state index >= 15 is 0 Å². The van der Waals surface area contributed by atoms with Gasteiger partial charge in [0.15, 0.2) is 5.92 Å². The number of aryl methyl sites for hydroxylation is 1. The van der Waals surface area contributed by atoms with Gasteiger partial charge in [-0.1, -0.05) is 24.3 Å². The van der Waals surface area contributed by atoms with Crippen LogP contribution in [0, 0.1) is 12.8 Å². The summed E-state index contributed by atoms with van der Waals surface area (Å²) in [6, 6.07) is 6.64. The molecule has 130 valence electrons. The minimum absolute atomic E-state index is 0.00776. The maximum atomic E-state index is 12.6. The molecule has 1 aromatic carbocycles. The molecule has 1 atom stereocenters. The fourth-order valence-corrected chi connectivity index (χ4v) is 2.36. The summed E-state index contributed by atoms with van der Waals surface area (Å²) in [5.41, 5.74) is 0.995. The summed E-state index contributed by atoms with van der Waals surface area (Å²) in [7, 11) is 2.17. The minimum Gasteiger partial charge on any atom is -0.468 e. The normalized spacial score (nSPS) is 11.5. The number of carbonyl (C=O) groups is 4. The van der Waals surface area contributed by atoms with Crippen LogP contribution < -0.4 is 0 Å². The van der Waals surface area contributed by atoms with E-state index in [0.29, 0.717) is 11.1 Å². The first kappa shape index (κ1) is 19.3. The molecular formula is C17H20O7. The number of carbonyl (C=O) groups excluding carboxylic acids is 4. The summed E-state index contributed by atoms with van der Waals surface area (Å²) in [5.74, 6) is -7.04. The number of Topliss-reactive ketones (excluding diaryl/α,β-unsaturated/α-hetero) is 1. The number of benzene rings is 1. The third-order valence-corrected chi connectivity index (χ3v) is 3.53. The van der Waals surface area contributed by atoms with E-state index in [1.807, 2.05) is 0 Å². The van der Waals surface area contributed by atoms with Crippen molar-refractivity contribution in [3.05, 3.63) is 35.4 Å². The van der Waals surface area contributed by atoms with Gasteiger partial charge < -0.3 is 14.2 Å². The standard InChI is InChI=1S/C17H20O7/c1-5-24-17(21)14(18)12(11-9-7-6-8-10(11)2)13(15(19)22-3)16(20)23-4/h6-9,12-13H,5H2,1-4H3. The third-order valence-electron chi connectivity index (χ3n) is 3.53. The first-order chi connectivity index (χ1) is 11.4. The van der Waals surface area contributed by atoms with Crippen LogP contribution in [0.4, 0.5) is 0 Å². The molecule has 0 bridgehead atoms. The molecule has 0 aliphatic heterocycles. The predicted molar refractivity (Wildman–Crippen MR) is 83.1 cm³/mol. The van der Waals surface area contributed by atoms with Crippen LogP contribution in [0.5, 0.6) is 0 Å². The molecule has 0 heterocycles. The Morgan fingerprint density at radius 1 is 1.00 bits per heavy atom. The highest BCUT2D eigenvalue weighted by molar-refractivity contribution is 6.37. The zero-order valence-electron chi connectivity index (χ0n) is 14.0. The largest absolute Gasteiger partial charge is 0.468 e. The zero-order chi connectivity index (χ0) is 18.3. The van der Waals surface area contributed by atoms with Crippen LogP contribution in [0.3, 0.4) is 0 Å². The number of ketones is 1. The zero-order valence-corrected chi connectivity index (χ0v) is 14.0. The van der Waals surface area contributed by atoms with Crippen LogP contribution in [0.1, 0.15) is 24.0 Å². The van der Waals surface area contributed by atoms with Gasteiger partial charge in [0.05, 0.1) is 26.7 Å². The fraction of sp³-hybridized carbons (Fsp3) is 0.412.